The first kappa shape index (κ1) is 17.5. The molecule has 1 unspecified atom stereocenters. The van der Waals surface area contributed by atoms with Crippen LogP contribution in [0.15, 0.2) is 17.0 Å². The van der Waals surface area contributed by atoms with Crippen molar-refractivity contribution in [3.8, 4) is 5.75 Å². The van der Waals surface area contributed by atoms with E-state index in [4.69, 9.17) is 9.84 Å². The SMILES string of the molecule is Cc1cc(/C=C2\SC(=O)N(CCCC(=O)O)C2=O)cc2c1OC(C)C2. The topological polar surface area (TPSA) is 83.9 Å². The lowest BCUT2D eigenvalue weighted by atomic mass is 10.0. The van der Waals surface area contributed by atoms with E-state index < -0.39 is 5.97 Å². The number of carboxylic acids is 1. The Morgan fingerprint density at radius 1 is 1.44 bits per heavy atom. The highest BCUT2D eigenvalue weighted by atomic mass is 32.2. The summed E-state index contributed by atoms with van der Waals surface area (Å²) in [5.74, 6) is -0.387. The second kappa shape index (κ2) is 6.92. The van der Waals surface area contributed by atoms with Gasteiger partial charge in [0.2, 0.25) is 0 Å². The van der Waals surface area contributed by atoms with Gasteiger partial charge in [-0.25, -0.2) is 0 Å². The molecule has 0 radical (unpaired) electrons. The van der Waals surface area contributed by atoms with E-state index in [0.29, 0.717) is 4.91 Å². The van der Waals surface area contributed by atoms with E-state index in [1.54, 1.807) is 6.08 Å². The molecule has 1 fully saturated rings. The molecule has 1 saturated heterocycles. The molecular weight excluding hydrogens is 342 g/mol. The third-order valence-electron chi connectivity index (χ3n) is 4.14. The van der Waals surface area contributed by atoms with E-state index in [1.807, 2.05) is 26.0 Å². The third kappa shape index (κ3) is 3.71. The molecule has 2 amide bonds. The van der Waals surface area contributed by atoms with Crippen molar-refractivity contribution in [2.45, 2.75) is 39.2 Å². The van der Waals surface area contributed by atoms with Crippen molar-refractivity contribution in [2.75, 3.05) is 6.54 Å². The highest BCUT2D eigenvalue weighted by Crippen LogP contribution is 2.36. The van der Waals surface area contributed by atoms with Gasteiger partial charge in [0, 0.05) is 19.4 Å². The lowest BCUT2D eigenvalue weighted by Gasteiger charge is -2.11. The fourth-order valence-electron chi connectivity index (χ4n) is 3.07. The number of fused-ring (bicyclic) bond motifs is 1. The van der Waals surface area contributed by atoms with Gasteiger partial charge >= 0.3 is 5.97 Å². The summed E-state index contributed by atoms with van der Waals surface area (Å²) < 4.78 is 5.78. The van der Waals surface area contributed by atoms with Crippen LogP contribution < -0.4 is 4.74 Å². The van der Waals surface area contributed by atoms with Gasteiger partial charge in [-0.1, -0.05) is 0 Å². The molecule has 0 spiro atoms. The van der Waals surface area contributed by atoms with Gasteiger partial charge in [0.25, 0.3) is 11.1 Å². The number of benzene rings is 1. The number of hydrogen-bond donors (Lipinski definition) is 1. The van der Waals surface area contributed by atoms with E-state index in [9.17, 15) is 14.4 Å². The van der Waals surface area contributed by atoms with Crippen LogP contribution in [0.25, 0.3) is 6.08 Å². The molecule has 3 rings (SSSR count). The zero-order valence-electron chi connectivity index (χ0n) is 14.1. The molecule has 25 heavy (non-hydrogen) atoms. The molecule has 1 aromatic carbocycles. The maximum absolute atomic E-state index is 12.4. The summed E-state index contributed by atoms with van der Waals surface area (Å²) in [6.07, 6.45) is 2.88. The number of carbonyl (C=O) groups excluding carboxylic acids is 2. The highest BCUT2D eigenvalue weighted by Gasteiger charge is 2.34. The predicted octanol–water partition coefficient (Wildman–Crippen LogP) is 3.22. The van der Waals surface area contributed by atoms with E-state index in [0.717, 1.165) is 45.5 Å². The molecule has 1 aromatic rings. The molecule has 7 heteroatoms. The minimum absolute atomic E-state index is 0.0665. The van der Waals surface area contributed by atoms with Crippen LogP contribution in [0.1, 0.15) is 36.5 Å². The van der Waals surface area contributed by atoms with E-state index >= 15 is 0 Å². The first-order valence-corrected chi connectivity index (χ1v) is 8.94. The van der Waals surface area contributed by atoms with Crippen LogP contribution in [0.5, 0.6) is 5.75 Å². The Morgan fingerprint density at radius 2 is 2.20 bits per heavy atom. The number of nitrogens with zero attached hydrogens (tertiary/aromatic N) is 1. The monoisotopic (exact) mass is 361 g/mol. The van der Waals surface area contributed by atoms with Crippen molar-refractivity contribution >= 4 is 35.0 Å². The molecule has 1 atom stereocenters. The molecule has 1 N–H and O–H groups in total. The fraction of sp³-hybridized carbons (Fsp3) is 0.389. The Labute approximate surface area is 149 Å². The summed E-state index contributed by atoms with van der Waals surface area (Å²) in [5, 5.41) is 8.32. The first-order valence-electron chi connectivity index (χ1n) is 8.12. The van der Waals surface area contributed by atoms with Crippen LogP contribution in [0, 0.1) is 6.92 Å². The minimum Gasteiger partial charge on any atom is -0.490 e. The molecule has 2 aliphatic heterocycles. The van der Waals surface area contributed by atoms with Gasteiger partial charge in [0.1, 0.15) is 11.9 Å². The maximum Gasteiger partial charge on any atom is 0.303 e. The van der Waals surface area contributed by atoms with Gasteiger partial charge in [-0.05, 0) is 66.9 Å². The van der Waals surface area contributed by atoms with Gasteiger partial charge in [0.05, 0.1) is 4.91 Å². The van der Waals surface area contributed by atoms with Gasteiger partial charge in [-0.3, -0.25) is 19.3 Å². The van der Waals surface area contributed by atoms with Crippen molar-refractivity contribution in [3.63, 3.8) is 0 Å². The average molecular weight is 361 g/mol. The fourth-order valence-corrected chi connectivity index (χ4v) is 3.93. The lowest BCUT2D eigenvalue weighted by Crippen LogP contribution is -2.29. The van der Waals surface area contributed by atoms with Crippen molar-refractivity contribution < 1.29 is 24.2 Å². The zero-order chi connectivity index (χ0) is 18.1. The number of ether oxygens (including phenoxy) is 1. The summed E-state index contributed by atoms with van der Waals surface area (Å²) in [5.41, 5.74) is 2.98. The van der Waals surface area contributed by atoms with Crippen LogP contribution in [-0.2, 0) is 16.0 Å². The van der Waals surface area contributed by atoms with Crippen molar-refractivity contribution in [3.05, 3.63) is 33.7 Å². The van der Waals surface area contributed by atoms with E-state index in [-0.39, 0.29) is 36.6 Å². The van der Waals surface area contributed by atoms with Crippen LogP contribution in [-0.4, -0.2) is 39.8 Å². The Morgan fingerprint density at radius 3 is 2.92 bits per heavy atom. The van der Waals surface area contributed by atoms with E-state index in [2.05, 4.69) is 0 Å². The smallest absolute Gasteiger partial charge is 0.303 e. The normalized spacial score (nSPS) is 21.0. The molecule has 132 valence electrons. The molecule has 6 nitrogen and oxygen atoms in total. The number of rotatable bonds is 5. The number of imide groups is 1. The highest BCUT2D eigenvalue weighted by molar-refractivity contribution is 8.18. The largest absolute Gasteiger partial charge is 0.490 e. The van der Waals surface area contributed by atoms with E-state index in [1.165, 1.54) is 0 Å². The Bertz CT molecular complexity index is 786. The molecule has 0 saturated carbocycles. The summed E-state index contributed by atoms with van der Waals surface area (Å²) >= 11 is 0.895. The Hall–Kier alpha value is -2.28. The van der Waals surface area contributed by atoms with Gasteiger partial charge in [0.15, 0.2) is 0 Å². The summed E-state index contributed by atoms with van der Waals surface area (Å²) in [6.45, 7) is 4.11. The van der Waals surface area contributed by atoms with Crippen molar-refractivity contribution in [1.82, 2.24) is 4.90 Å². The summed E-state index contributed by atoms with van der Waals surface area (Å²) in [6, 6.07) is 3.93. The molecule has 0 aliphatic carbocycles. The molecule has 2 heterocycles. The van der Waals surface area contributed by atoms with Crippen LogP contribution in [0.4, 0.5) is 4.79 Å². The Balaban J connectivity index is 1.77. The number of aliphatic carboxylic acids is 1. The average Bonchev–Trinajstić information content (AvgIpc) is 3.01. The first-order chi connectivity index (χ1) is 11.8. The van der Waals surface area contributed by atoms with Crippen LogP contribution in [0.2, 0.25) is 0 Å². The minimum atomic E-state index is -0.937. The molecular formula is C18H19NO5S. The standard InChI is InChI=1S/C18H19NO5S/c1-10-6-12(8-13-7-11(2)24-16(10)13)9-14-17(22)19(18(23)25-14)5-3-4-15(20)21/h6,8-9,11H,3-5,7H2,1-2H3,(H,20,21)/b14-9-. The third-order valence-corrected chi connectivity index (χ3v) is 5.05. The molecule has 0 bridgehead atoms. The lowest BCUT2D eigenvalue weighted by molar-refractivity contribution is -0.137. The number of carbonyl (C=O) groups is 3. The quantitative estimate of drug-likeness (QED) is 0.811. The molecule has 0 aromatic heterocycles. The number of thioether (sulfide) groups is 1. The van der Waals surface area contributed by atoms with Crippen LogP contribution in [0.3, 0.4) is 0 Å². The Kier molecular flexibility index (Phi) is 4.85. The van der Waals surface area contributed by atoms with Crippen molar-refractivity contribution in [2.24, 2.45) is 0 Å². The van der Waals surface area contributed by atoms with Crippen molar-refractivity contribution in [1.29, 1.82) is 0 Å². The van der Waals surface area contributed by atoms with Gasteiger partial charge in [-0.15, -0.1) is 0 Å². The molecule has 2 aliphatic rings. The number of hydrogen-bond acceptors (Lipinski definition) is 5. The summed E-state index contributed by atoms with van der Waals surface area (Å²) in [4.78, 5) is 36.5. The number of carboxylic acid groups (broad SMARTS) is 1. The van der Waals surface area contributed by atoms with Gasteiger partial charge in [-0.2, -0.15) is 0 Å². The van der Waals surface area contributed by atoms with Crippen LogP contribution >= 0.6 is 11.8 Å². The number of aryl methyl sites for hydroxylation is 1. The summed E-state index contributed by atoms with van der Waals surface area (Å²) in [7, 11) is 0. The second-order valence-electron chi connectivity index (χ2n) is 6.29. The maximum atomic E-state index is 12.4. The zero-order valence-corrected chi connectivity index (χ0v) is 14.9. The number of amides is 2. The second-order valence-corrected chi connectivity index (χ2v) is 7.28. The van der Waals surface area contributed by atoms with Gasteiger partial charge < -0.3 is 9.84 Å². The predicted molar refractivity (Wildman–Crippen MR) is 94.5 cm³/mol.